The molecule has 0 aliphatic carbocycles. The first-order valence-electron chi connectivity index (χ1n) is 6.32. The number of hydrogen-bond acceptors (Lipinski definition) is 2. The van der Waals surface area contributed by atoms with Gasteiger partial charge in [0.15, 0.2) is 5.43 Å². The van der Waals surface area contributed by atoms with Crippen LogP contribution in [0.25, 0.3) is 21.8 Å². The number of fused-ring (bicyclic) bond motifs is 2. The van der Waals surface area contributed by atoms with Gasteiger partial charge in [-0.2, -0.15) is 5.26 Å². The number of nitriles is 1. The summed E-state index contributed by atoms with van der Waals surface area (Å²) >= 11 is 6.00. The first kappa shape index (κ1) is 12.7. The topological polar surface area (TPSA) is 45.8 Å². The first-order valence-corrected chi connectivity index (χ1v) is 6.70. The highest BCUT2D eigenvalue weighted by molar-refractivity contribution is 6.31. The highest BCUT2D eigenvalue weighted by atomic mass is 35.5. The highest BCUT2D eigenvalue weighted by Gasteiger charge is 2.13. The van der Waals surface area contributed by atoms with Crippen LogP contribution in [0.1, 0.15) is 12.5 Å². The molecule has 3 aromatic rings. The number of nitrogens with zero attached hydrogens (tertiary/aromatic N) is 2. The lowest BCUT2D eigenvalue weighted by Crippen LogP contribution is -2.11. The van der Waals surface area contributed by atoms with Crippen LogP contribution in [0, 0.1) is 11.3 Å². The summed E-state index contributed by atoms with van der Waals surface area (Å²) in [6.07, 6.45) is 0. The van der Waals surface area contributed by atoms with Crippen molar-refractivity contribution in [3.8, 4) is 6.07 Å². The third-order valence-electron chi connectivity index (χ3n) is 3.48. The second-order valence-corrected chi connectivity index (χ2v) is 4.98. The van der Waals surface area contributed by atoms with Gasteiger partial charge in [0.25, 0.3) is 0 Å². The summed E-state index contributed by atoms with van der Waals surface area (Å²) in [5.74, 6) is 0. The molecule has 0 saturated carbocycles. The van der Waals surface area contributed by atoms with Gasteiger partial charge in [-0.15, -0.1) is 0 Å². The van der Waals surface area contributed by atoms with E-state index >= 15 is 0 Å². The van der Waals surface area contributed by atoms with E-state index in [-0.39, 0.29) is 5.43 Å². The van der Waals surface area contributed by atoms with Crippen LogP contribution in [0.4, 0.5) is 0 Å². The number of aromatic nitrogens is 1. The van der Waals surface area contributed by atoms with E-state index in [1.807, 2.05) is 17.6 Å². The van der Waals surface area contributed by atoms with Gasteiger partial charge < -0.3 is 4.57 Å². The van der Waals surface area contributed by atoms with Gasteiger partial charge in [-0.3, -0.25) is 4.79 Å². The molecule has 0 atom stereocenters. The summed E-state index contributed by atoms with van der Waals surface area (Å²) < 4.78 is 1.99. The normalized spacial score (nSPS) is 10.8. The molecule has 0 aliphatic rings. The molecule has 0 aliphatic heterocycles. The second-order valence-electron chi connectivity index (χ2n) is 4.55. The maximum Gasteiger partial charge on any atom is 0.197 e. The molecule has 3 rings (SSSR count). The number of halogens is 1. The molecule has 0 fully saturated rings. The molecule has 1 heterocycles. The number of aryl methyl sites for hydroxylation is 1. The van der Waals surface area contributed by atoms with Gasteiger partial charge >= 0.3 is 0 Å². The van der Waals surface area contributed by atoms with Crippen molar-refractivity contribution in [1.82, 2.24) is 4.57 Å². The maximum absolute atomic E-state index is 12.6. The molecule has 1 aromatic heterocycles. The second kappa shape index (κ2) is 4.66. The van der Waals surface area contributed by atoms with Crippen LogP contribution in [0.5, 0.6) is 0 Å². The van der Waals surface area contributed by atoms with E-state index in [4.69, 9.17) is 11.6 Å². The van der Waals surface area contributed by atoms with Crippen LogP contribution in [-0.4, -0.2) is 4.57 Å². The maximum atomic E-state index is 12.6. The summed E-state index contributed by atoms with van der Waals surface area (Å²) in [5.41, 5.74) is 1.92. The Kier molecular flexibility index (Phi) is 2.96. The Labute approximate surface area is 120 Å². The van der Waals surface area contributed by atoms with Crippen molar-refractivity contribution in [2.24, 2.45) is 0 Å². The van der Waals surface area contributed by atoms with E-state index in [9.17, 15) is 10.1 Å². The largest absolute Gasteiger partial charge is 0.339 e. The van der Waals surface area contributed by atoms with Gasteiger partial charge in [-0.25, -0.2) is 0 Å². The third-order valence-corrected chi connectivity index (χ3v) is 3.72. The fraction of sp³-hybridized carbons (Fsp3) is 0.125. The van der Waals surface area contributed by atoms with Gasteiger partial charge in [-0.05, 0) is 37.3 Å². The van der Waals surface area contributed by atoms with Crippen molar-refractivity contribution in [2.75, 3.05) is 0 Å². The van der Waals surface area contributed by atoms with Crippen molar-refractivity contribution in [3.63, 3.8) is 0 Å². The predicted octanol–water partition coefficient (Wildman–Crippen LogP) is 3.70. The Morgan fingerprint density at radius 2 is 2.05 bits per heavy atom. The van der Waals surface area contributed by atoms with Crippen LogP contribution >= 0.6 is 11.6 Å². The average Bonchev–Trinajstić information content (AvgIpc) is 2.48. The Hall–Kier alpha value is -2.31. The Morgan fingerprint density at radius 1 is 1.25 bits per heavy atom. The van der Waals surface area contributed by atoms with E-state index < -0.39 is 0 Å². The SMILES string of the molecule is CCn1c2ccc(Cl)cc2c(=O)c2cccc(C#N)c21. The quantitative estimate of drug-likeness (QED) is 0.639. The number of hydrogen-bond donors (Lipinski definition) is 0. The molecular weight excluding hydrogens is 272 g/mol. The molecule has 0 spiro atoms. The molecule has 0 saturated heterocycles. The Balaban J connectivity index is 2.70. The molecule has 0 bridgehead atoms. The number of pyridine rings is 1. The summed E-state index contributed by atoms with van der Waals surface area (Å²) in [6.45, 7) is 2.67. The van der Waals surface area contributed by atoms with Gasteiger partial charge in [0.05, 0.1) is 16.6 Å². The molecule has 98 valence electrons. The van der Waals surface area contributed by atoms with Crippen LogP contribution < -0.4 is 5.43 Å². The van der Waals surface area contributed by atoms with E-state index in [1.165, 1.54) is 0 Å². The standard InChI is InChI=1S/C16H11ClN2O/c1-2-19-14-7-6-11(17)8-13(14)16(20)12-5-3-4-10(9-18)15(12)19/h3-8H,2H2,1H3. The predicted molar refractivity (Wildman–Crippen MR) is 81.1 cm³/mol. The van der Waals surface area contributed by atoms with Gasteiger partial charge in [0.2, 0.25) is 0 Å². The smallest absolute Gasteiger partial charge is 0.197 e. The van der Waals surface area contributed by atoms with Crippen molar-refractivity contribution in [2.45, 2.75) is 13.5 Å². The van der Waals surface area contributed by atoms with Crippen molar-refractivity contribution >= 4 is 33.4 Å². The fourth-order valence-corrected chi connectivity index (χ4v) is 2.80. The van der Waals surface area contributed by atoms with Crippen LogP contribution in [0.15, 0.2) is 41.2 Å². The van der Waals surface area contributed by atoms with Gasteiger partial charge in [0, 0.05) is 22.3 Å². The molecule has 3 nitrogen and oxygen atoms in total. The van der Waals surface area contributed by atoms with Gasteiger partial charge in [-0.1, -0.05) is 17.7 Å². The molecule has 0 unspecified atom stereocenters. The zero-order valence-corrected chi connectivity index (χ0v) is 11.6. The lowest BCUT2D eigenvalue weighted by atomic mass is 10.1. The summed E-state index contributed by atoms with van der Waals surface area (Å²) in [7, 11) is 0. The van der Waals surface area contributed by atoms with Crippen LogP contribution in [-0.2, 0) is 6.54 Å². The molecular formula is C16H11ClN2O. The van der Waals surface area contributed by atoms with Crippen molar-refractivity contribution in [3.05, 3.63) is 57.2 Å². The van der Waals surface area contributed by atoms with Crippen LogP contribution in [0.3, 0.4) is 0 Å². The lowest BCUT2D eigenvalue weighted by molar-refractivity contribution is 0.820. The molecule has 2 aromatic carbocycles. The van der Waals surface area contributed by atoms with Crippen molar-refractivity contribution in [1.29, 1.82) is 5.26 Å². The minimum absolute atomic E-state index is 0.0840. The first-order chi connectivity index (χ1) is 9.67. The van der Waals surface area contributed by atoms with E-state index in [2.05, 4.69) is 6.07 Å². The number of para-hydroxylation sites is 1. The van der Waals surface area contributed by atoms with E-state index in [0.29, 0.717) is 33.4 Å². The Morgan fingerprint density at radius 3 is 2.75 bits per heavy atom. The number of benzene rings is 2. The minimum atomic E-state index is -0.0840. The summed E-state index contributed by atoms with van der Waals surface area (Å²) in [6, 6.07) is 12.7. The van der Waals surface area contributed by atoms with E-state index in [0.717, 1.165) is 5.52 Å². The van der Waals surface area contributed by atoms with Crippen LogP contribution in [0.2, 0.25) is 5.02 Å². The molecule has 0 amide bonds. The van der Waals surface area contributed by atoms with Gasteiger partial charge in [0.1, 0.15) is 6.07 Å². The van der Waals surface area contributed by atoms with Crippen molar-refractivity contribution < 1.29 is 0 Å². The zero-order chi connectivity index (χ0) is 14.3. The zero-order valence-electron chi connectivity index (χ0n) is 10.9. The minimum Gasteiger partial charge on any atom is -0.339 e. The average molecular weight is 283 g/mol. The molecule has 20 heavy (non-hydrogen) atoms. The molecule has 4 heteroatoms. The summed E-state index contributed by atoms with van der Waals surface area (Å²) in [5, 5.41) is 11.0. The number of rotatable bonds is 1. The molecule has 0 N–H and O–H groups in total. The highest BCUT2D eigenvalue weighted by Crippen LogP contribution is 2.24. The molecule has 0 radical (unpaired) electrons. The fourth-order valence-electron chi connectivity index (χ4n) is 2.63. The lowest BCUT2D eigenvalue weighted by Gasteiger charge is -2.14. The third kappa shape index (κ3) is 1.70. The van der Waals surface area contributed by atoms with E-state index in [1.54, 1.807) is 30.3 Å². The Bertz CT molecular complexity index is 935. The summed E-state index contributed by atoms with van der Waals surface area (Å²) in [4.78, 5) is 12.6. The monoisotopic (exact) mass is 282 g/mol.